The number of aliphatic imine (C=N–C) groups is 1. The van der Waals surface area contributed by atoms with Gasteiger partial charge in [-0.15, -0.1) is 13.2 Å². The summed E-state index contributed by atoms with van der Waals surface area (Å²) in [6.07, 6.45) is 7.34. The Morgan fingerprint density at radius 2 is 2.17 bits per heavy atom. The van der Waals surface area contributed by atoms with E-state index in [1.54, 1.807) is 30.2 Å². The van der Waals surface area contributed by atoms with E-state index in [-0.39, 0.29) is 5.83 Å². The van der Waals surface area contributed by atoms with Crippen LogP contribution in [0.1, 0.15) is 0 Å². The lowest BCUT2D eigenvalue weighted by molar-refractivity contribution is 0.368. The van der Waals surface area contributed by atoms with Crippen LogP contribution in [-0.2, 0) is 0 Å². The van der Waals surface area contributed by atoms with Gasteiger partial charge < -0.3 is 10.6 Å². The van der Waals surface area contributed by atoms with Crippen LogP contribution in [0, 0.1) is 0 Å². The minimum atomic E-state index is -0.430. The van der Waals surface area contributed by atoms with Crippen molar-refractivity contribution in [2.24, 2.45) is 10.7 Å². The van der Waals surface area contributed by atoms with Crippen LogP contribution in [-0.4, -0.2) is 42.1 Å². The largest absolute Gasteiger partial charge is 0.335 e. The van der Waals surface area contributed by atoms with Crippen LogP contribution >= 0.6 is 0 Å². The lowest BCUT2D eigenvalue weighted by Crippen LogP contribution is -2.50. The fraction of sp³-hybridized carbons (Fsp3) is 0.308. The van der Waals surface area contributed by atoms with Crippen LogP contribution in [0.2, 0.25) is 0 Å². The molecule has 0 spiro atoms. The number of hydrogen-bond acceptors (Lipinski definition) is 2. The van der Waals surface area contributed by atoms with E-state index in [1.165, 1.54) is 12.3 Å². The monoisotopic (exact) mass is 250 g/mol. The van der Waals surface area contributed by atoms with E-state index in [0.29, 0.717) is 19.0 Å². The lowest BCUT2D eigenvalue weighted by atomic mass is 10.3. The van der Waals surface area contributed by atoms with Crippen LogP contribution in [0.25, 0.3) is 0 Å². The molecule has 4 nitrogen and oxygen atoms in total. The average molecular weight is 250 g/mol. The zero-order valence-electron chi connectivity index (χ0n) is 10.6. The van der Waals surface area contributed by atoms with Gasteiger partial charge >= 0.3 is 0 Å². The van der Waals surface area contributed by atoms with Gasteiger partial charge in [-0.05, 0) is 12.2 Å². The Balaban J connectivity index is 2.97. The second-order valence-corrected chi connectivity index (χ2v) is 3.78. The van der Waals surface area contributed by atoms with Crippen LogP contribution in [0.4, 0.5) is 4.39 Å². The smallest absolute Gasteiger partial charge is 0.202 e. The second kappa shape index (κ2) is 6.76. The summed E-state index contributed by atoms with van der Waals surface area (Å²) in [5, 5.41) is 0. The van der Waals surface area contributed by atoms with Crippen molar-refractivity contribution in [2.75, 3.05) is 20.1 Å². The fourth-order valence-corrected chi connectivity index (χ4v) is 1.71. The Morgan fingerprint density at radius 1 is 1.56 bits per heavy atom. The molecular formula is C13H19FN4. The molecule has 5 heteroatoms. The Bertz CT molecular complexity index is 388. The molecule has 0 aromatic rings. The number of allylic oxidation sites excluding steroid dienone is 2. The standard InChI is InChI=1S/C13H19FN4/c1-4-8-17(9-5-2)13(16-3)18-10-11(14)6-7-12(18)15/h4-7,10,12H,1-2,8-9,15H2,3H3. The summed E-state index contributed by atoms with van der Waals surface area (Å²) in [5.41, 5.74) is 5.92. The summed E-state index contributed by atoms with van der Waals surface area (Å²) < 4.78 is 13.3. The fourth-order valence-electron chi connectivity index (χ4n) is 1.71. The van der Waals surface area contributed by atoms with Gasteiger partial charge in [-0.1, -0.05) is 12.2 Å². The first-order valence-electron chi connectivity index (χ1n) is 5.67. The molecule has 2 N–H and O–H groups in total. The van der Waals surface area contributed by atoms with Crippen molar-refractivity contribution in [1.82, 2.24) is 9.80 Å². The van der Waals surface area contributed by atoms with Gasteiger partial charge in [-0.2, -0.15) is 0 Å². The quantitative estimate of drug-likeness (QED) is 0.468. The van der Waals surface area contributed by atoms with Crippen LogP contribution < -0.4 is 5.73 Å². The summed E-state index contributed by atoms with van der Waals surface area (Å²) >= 11 is 0. The summed E-state index contributed by atoms with van der Waals surface area (Å²) in [5.74, 6) is 0.233. The Labute approximate surface area is 107 Å². The van der Waals surface area contributed by atoms with Crippen molar-refractivity contribution in [2.45, 2.75) is 6.17 Å². The Morgan fingerprint density at radius 3 is 2.67 bits per heavy atom. The van der Waals surface area contributed by atoms with Crippen molar-refractivity contribution in [3.63, 3.8) is 0 Å². The molecule has 0 aliphatic carbocycles. The highest BCUT2D eigenvalue weighted by atomic mass is 19.1. The molecule has 1 atom stereocenters. The van der Waals surface area contributed by atoms with E-state index in [0.717, 1.165) is 0 Å². The highest BCUT2D eigenvalue weighted by Gasteiger charge is 2.22. The molecule has 1 rings (SSSR count). The SMILES string of the molecule is C=CCN(CC=C)C(=NC)N1C=C(F)C=CC1N. The van der Waals surface area contributed by atoms with E-state index in [4.69, 9.17) is 5.73 Å². The first-order chi connectivity index (χ1) is 8.63. The van der Waals surface area contributed by atoms with Crippen molar-refractivity contribution < 1.29 is 4.39 Å². The number of halogens is 1. The van der Waals surface area contributed by atoms with Crippen LogP contribution in [0.3, 0.4) is 0 Å². The maximum Gasteiger partial charge on any atom is 0.202 e. The van der Waals surface area contributed by atoms with Crippen molar-refractivity contribution >= 4 is 5.96 Å². The summed E-state index contributed by atoms with van der Waals surface area (Å²) in [4.78, 5) is 7.67. The third-order valence-corrected chi connectivity index (χ3v) is 2.45. The first kappa shape index (κ1) is 14.2. The minimum absolute atomic E-state index is 0.352. The number of nitrogens with two attached hydrogens (primary N) is 1. The molecule has 1 unspecified atom stereocenters. The number of guanidine groups is 1. The van der Waals surface area contributed by atoms with Gasteiger partial charge in [0.2, 0.25) is 5.96 Å². The molecule has 0 saturated carbocycles. The van der Waals surface area contributed by atoms with Crippen LogP contribution in [0.5, 0.6) is 0 Å². The van der Waals surface area contributed by atoms with Gasteiger partial charge in [0, 0.05) is 26.3 Å². The van der Waals surface area contributed by atoms with Crippen molar-refractivity contribution in [1.29, 1.82) is 0 Å². The number of hydrogen-bond donors (Lipinski definition) is 1. The predicted molar refractivity (Wildman–Crippen MR) is 73.5 cm³/mol. The zero-order chi connectivity index (χ0) is 13.5. The number of rotatable bonds is 4. The van der Waals surface area contributed by atoms with Gasteiger partial charge in [0.1, 0.15) is 12.0 Å². The molecule has 0 amide bonds. The second-order valence-electron chi connectivity index (χ2n) is 3.78. The first-order valence-corrected chi connectivity index (χ1v) is 5.67. The summed E-state index contributed by atoms with van der Waals surface area (Å²) in [6.45, 7) is 8.56. The van der Waals surface area contributed by atoms with Crippen LogP contribution in [0.15, 0.2) is 54.5 Å². The predicted octanol–water partition coefficient (Wildman–Crippen LogP) is 1.61. The van der Waals surface area contributed by atoms with E-state index in [9.17, 15) is 4.39 Å². The average Bonchev–Trinajstić information content (AvgIpc) is 2.35. The molecule has 0 aromatic heterocycles. The molecule has 98 valence electrons. The van der Waals surface area contributed by atoms with E-state index < -0.39 is 6.17 Å². The van der Waals surface area contributed by atoms with E-state index >= 15 is 0 Å². The molecule has 0 fully saturated rings. The highest BCUT2D eigenvalue weighted by molar-refractivity contribution is 5.82. The molecule has 0 radical (unpaired) electrons. The molecule has 0 bridgehead atoms. The molecule has 1 aliphatic rings. The maximum absolute atomic E-state index is 13.3. The zero-order valence-corrected chi connectivity index (χ0v) is 10.6. The summed E-state index contributed by atoms with van der Waals surface area (Å²) in [7, 11) is 1.64. The van der Waals surface area contributed by atoms with Gasteiger partial charge in [0.25, 0.3) is 0 Å². The normalized spacial score (nSPS) is 19.5. The Kier molecular flexibility index (Phi) is 5.32. The van der Waals surface area contributed by atoms with Gasteiger partial charge in [0.15, 0.2) is 0 Å². The molecule has 0 aromatic carbocycles. The topological polar surface area (TPSA) is 44.9 Å². The molecule has 1 aliphatic heterocycles. The summed E-state index contributed by atoms with van der Waals surface area (Å²) in [6, 6.07) is 0. The third kappa shape index (κ3) is 3.30. The van der Waals surface area contributed by atoms with E-state index in [2.05, 4.69) is 18.2 Å². The molecule has 0 saturated heterocycles. The number of nitrogens with zero attached hydrogens (tertiary/aromatic N) is 3. The van der Waals surface area contributed by atoms with Gasteiger partial charge in [0.05, 0.1) is 0 Å². The molecule has 18 heavy (non-hydrogen) atoms. The van der Waals surface area contributed by atoms with Crippen molar-refractivity contribution in [3.05, 3.63) is 49.5 Å². The van der Waals surface area contributed by atoms with Gasteiger partial charge in [-0.3, -0.25) is 9.89 Å². The molecular weight excluding hydrogens is 231 g/mol. The third-order valence-electron chi connectivity index (χ3n) is 2.45. The maximum atomic E-state index is 13.3. The minimum Gasteiger partial charge on any atom is -0.335 e. The Hall–Kier alpha value is -1.88. The molecule has 1 heterocycles. The van der Waals surface area contributed by atoms with Gasteiger partial charge in [-0.25, -0.2) is 4.39 Å². The van der Waals surface area contributed by atoms with E-state index in [1.807, 2.05) is 4.90 Å². The highest BCUT2D eigenvalue weighted by Crippen LogP contribution is 2.14. The lowest BCUT2D eigenvalue weighted by Gasteiger charge is -2.34. The van der Waals surface area contributed by atoms with Crippen molar-refractivity contribution in [3.8, 4) is 0 Å².